The summed E-state index contributed by atoms with van der Waals surface area (Å²) in [5.41, 5.74) is 1.82. The van der Waals surface area contributed by atoms with Gasteiger partial charge in [-0.1, -0.05) is 53.9 Å². The van der Waals surface area contributed by atoms with Crippen LogP contribution in [0.3, 0.4) is 0 Å². The Morgan fingerprint density at radius 1 is 1.17 bits per heavy atom. The molecule has 0 unspecified atom stereocenters. The van der Waals surface area contributed by atoms with Crippen LogP contribution in [0.2, 0.25) is 5.02 Å². The molecule has 30 heavy (non-hydrogen) atoms. The monoisotopic (exact) mass is 432 g/mol. The van der Waals surface area contributed by atoms with Gasteiger partial charge in [-0.05, 0) is 25.0 Å². The summed E-state index contributed by atoms with van der Waals surface area (Å²) in [6.07, 6.45) is 3.89. The minimum Gasteiger partial charge on any atom is -0.390 e. The van der Waals surface area contributed by atoms with Crippen LogP contribution in [0.15, 0.2) is 47.6 Å². The van der Waals surface area contributed by atoms with Gasteiger partial charge in [-0.3, -0.25) is 4.79 Å². The van der Waals surface area contributed by atoms with Crippen LogP contribution in [-0.2, 0) is 16.2 Å². The van der Waals surface area contributed by atoms with Gasteiger partial charge in [0.15, 0.2) is 6.10 Å². The van der Waals surface area contributed by atoms with Crippen molar-refractivity contribution in [1.82, 2.24) is 4.90 Å². The topological polar surface area (TPSA) is 41.9 Å². The highest BCUT2D eigenvalue weighted by atomic mass is 35.5. The Bertz CT molecular complexity index is 960. The van der Waals surface area contributed by atoms with E-state index >= 15 is 0 Å². The van der Waals surface area contributed by atoms with Crippen molar-refractivity contribution >= 4 is 23.2 Å². The van der Waals surface area contributed by atoms with Crippen LogP contribution < -0.4 is 0 Å². The van der Waals surface area contributed by atoms with E-state index in [1.165, 1.54) is 12.1 Å². The number of halogens is 3. The lowest BCUT2D eigenvalue weighted by atomic mass is 10.0. The smallest absolute Gasteiger partial charge is 0.226 e. The largest absolute Gasteiger partial charge is 0.390 e. The van der Waals surface area contributed by atoms with E-state index in [0.29, 0.717) is 11.4 Å². The Hall–Kier alpha value is -2.47. The third-order valence-electron chi connectivity index (χ3n) is 5.73. The number of hydrogen-bond donors (Lipinski definition) is 0. The van der Waals surface area contributed by atoms with Crippen LogP contribution in [0.1, 0.15) is 43.2 Å². The first-order valence-electron chi connectivity index (χ1n) is 10.2. The minimum absolute atomic E-state index is 0.00832. The predicted octanol–water partition coefficient (Wildman–Crippen LogP) is 5.33. The highest BCUT2D eigenvalue weighted by Crippen LogP contribution is 2.29. The van der Waals surface area contributed by atoms with Crippen molar-refractivity contribution in [2.45, 2.75) is 44.8 Å². The van der Waals surface area contributed by atoms with Crippen LogP contribution in [0.4, 0.5) is 8.78 Å². The molecule has 2 aliphatic rings. The Morgan fingerprint density at radius 3 is 2.67 bits per heavy atom. The highest BCUT2D eigenvalue weighted by molar-refractivity contribution is 6.34. The van der Waals surface area contributed by atoms with Crippen LogP contribution in [0.25, 0.3) is 0 Å². The van der Waals surface area contributed by atoms with Gasteiger partial charge in [-0.2, -0.15) is 0 Å². The first kappa shape index (κ1) is 20.8. The van der Waals surface area contributed by atoms with Crippen LogP contribution >= 0.6 is 11.6 Å². The van der Waals surface area contributed by atoms with E-state index in [0.717, 1.165) is 43.0 Å². The fraction of sp³-hybridized carbons (Fsp3) is 0.391. The summed E-state index contributed by atoms with van der Waals surface area (Å²) in [6.45, 7) is 0.354. The van der Waals surface area contributed by atoms with Crippen molar-refractivity contribution in [1.29, 1.82) is 0 Å². The summed E-state index contributed by atoms with van der Waals surface area (Å²) in [4.78, 5) is 20.4. The lowest BCUT2D eigenvalue weighted by molar-refractivity contribution is -0.137. The van der Waals surface area contributed by atoms with Crippen LogP contribution in [0, 0.1) is 17.6 Å². The number of nitrogens with zero attached hydrogens (tertiary/aromatic N) is 2. The van der Waals surface area contributed by atoms with Crippen molar-refractivity contribution < 1.29 is 18.4 Å². The van der Waals surface area contributed by atoms with E-state index < -0.39 is 11.6 Å². The molecule has 1 fully saturated rings. The zero-order valence-corrected chi connectivity index (χ0v) is 17.2. The average molecular weight is 433 g/mol. The van der Waals surface area contributed by atoms with E-state index in [2.05, 4.69) is 5.16 Å². The summed E-state index contributed by atoms with van der Waals surface area (Å²) in [5.74, 6) is -1.36. The van der Waals surface area contributed by atoms with Gasteiger partial charge in [0, 0.05) is 41.1 Å². The zero-order chi connectivity index (χ0) is 21.1. The number of hydrogen-bond acceptors (Lipinski definition) is 3. The molecule has 4 rings (SSSR count). The molecule has 1 amide bonds. The highest BCUT2D eigenvalue weighted by Gasteiger charge is 2.32. The molecule has 0 spiro atoms. The Kier molecular flexibility index (Phi) is 6.32. The van der Waals surface area contributed by atoms with Gasteiger partial charge in [-0.25, -0.2) is 8.78 Å². The van der Waals surface area contributed by atoms with Gasteiger partial charge in [0.05, 0.1) is 12.3 Å². The summed E-state index contributed by atoms with van der Waals surface area (Å²) in [5, 5.41) is 4.76. The zero-order valence-electron chi connectivity index (χ0n) is 16.5. The molecule has 0 radical (unpaired) electrons. The van der Waals surface area contributed by atoms with Crippen molar-refractivity contribution in [2.24, 2.45) is 11.1 Å². The normalized spacial score (nSPS) is 18.9. The maximum absolute atomic E-state index is 14.2. The molecule has 1 saturated carbocycles. The first-order chi connectivity index (χ1) is 14.5. The van der Waals surface area contributed by atoms with Gasteiger partial charge in [0.1, 0.15) is 11.6 Å². The maximum Gasteiger partial charge on any atom is 0.226 e. The number of carbonyl (C=O) groups is 1. The fourth-order valence-electron chi connectivity index (χ4n) is 4.15. The quantitative estimate of drug-likeness (QED) is 0.619. The van der Waals surface area contributed by atoms with E-state index in [-0.39, 0.29) is 36.6 Å². The molecule has 0 aromatic heterocycles. The molecule has 7 heteroatoms. The van der Waals surface area contributed by atoms with Crippen LogP contribution in [0.5, 0.6) is 0 Å². The molecule has 2 aromatic rings. The van der Waals surface area contributed by atoms with Gasteiger partial charge < -0.3 is 9.74 Å². The number of oxime groups is 1. The van der Waals surface area contributed by atoms with Gasteiger partial charge in [0.25, 0.3) is 0 Å². The number of carbonyl (C=O) groups excluding carboxylic acids is 1. The van der Waals surface area contributed by atoms with Crippen molar-refractivity contribution in [3.05, 3.63) is 70.2 Å². The predicted molar refractivity (Wildman–Crippen MR) is 111 cm³/mol. The summed E-state index contributed by atoms with van der Waals surface area (Å²) in [7, 11) is 0. The molecular weight excluding hydrogens is 410 g/mol. The molecule has 2 aromatic carbocycles. The maximum atomic E-state index is 14.2. The third kappa shape index (κ3) is 4.64. The lowest BCUT2D eigenvalue weighted by Gasteiger charge is -2.27. The molecular formula is C23H23ClF2N2O2. The van der Waals surface area contributed by atoms with E-state index in [9.17, 15) is 13.6 Å². The van der Waals surface area contributed by atoms with Crippen molar-refractivity contribution in [2.75, 3.05) is 6.54 Å². The molecule has 1 heterocycles. The average Bonchev–Trinajstić information content (AvgIpc) is 3.41. The van der Waals surface area contributed by atoms with Gasteiger partial charge in [0.2, 0.25) is 5.91 Å². The second kappa shape index (κ2) is 9.13. The molecule has 1 aliphatic carbocycles. The summed E-state index contributed by atoms with van der Waals surface area (Å²) in [6, 6.07) is 10.8. The molecule has 0 N–H and O–H groups in total. The first-order valence-corrected chi connectivity index (χ1v) is 10.6. The van der Waals surface area contributed by atoms with Crippen molar-refractivity contribution in [3.8, 4) is 0 Å². The van der Waals surface area contributed by atoms with Crippen LogP contribution in [-0.4, -0.2) is 29.2 Å². The lowest BCUT2D eigenvalue weighted by Crippen LogP contribution is -2.40. The number of amides is 1. The van der Waals surface area contributed by atoms with E-state index in [1.807, 2.05) is 18.2 Å². The molecule has 0 saturated heterocycles. The summed E-state index contributed by atoms with van der Waals surface area (Å²) < 4.78 is 27.5. The SMILES string of the molecule is O=C(C1CCCC1)N(Cc1ccc(F)cc1F)C[C@H]1CC(c2ccccc2Cl)=NO1. The standard InChI is InChI=1S/C23H23ClF2N2O2/c24-20-8-4-3-7-19(20)22-12-18(30-27-22)14-28(23(29)15-5-1-2-6-15)13-16-9-10-17(25)11-21(16)26/h3-4,7-11,15,18H,1-2,5-6,12-14H2/t18-/m1/s1. The van der Waals surface area contributed by atoms with E-state index in [1.54, 1.807) is 11.0 Å². The molecule has 4 nitrogen and oxygen atoms in total. The molecule has 1 aliphatic heterocycles. The number of rotatable bonds is 6. The second-order valence-corrected chi connectivity index (χ2v) is 8.29. The third-order valence-corrected chi connectivity index (χ3v) is 6.06. The number of benzene rings is 2. The molecule has 0 bridgehead atoms. The van der Waals surface area contributed by atoms with Gasteiger partial charge >= 0.3 is 0 Å². The fourth-order valence-corrected chi connectivity index (χ4v) is 4.39. The van der Waals surface area contributed by atoms with E-state index in [4.69, 9.17) is 16.4 Å². The second-order valence-electron chi connectivity index (χ2n) is 7.89. The Labute approximate surface area is 179 Å². The summed E-state index contributed by atoms with van der Waals surface area (Å²) >= 11 is 6.26. The Balaban J connectivity index is 1.49. The Morgan fingerprint density at radius 2 is 1.93 bits per heavy atom. The van der Waals surface area contributed by atoms with Gasteiger partial charge in [-0.15, -0.1) is 0 Å². The minimum atomic E-state index is -0.653. The molecule has 1 atom stereocenters. The van der Waals surface area contributed by atoms with Crippen molar-refractivity contribution in [3.63, 3.8) is 0 Å². The molecule has 158 valence electrons.